The average molecular weight is 542 g/mol. The number of alkyl carbamates (subject to hydrolysis) is 1. The Morgan fingerprint density at radius 3 is 2.46 bits per heavy atom. The third kappa shape index (κ3) is 8.04. The van der Waals surface area contributed by atoms with E-state index in [9.17, 15) is 14.4 Å². The van der Waals surface area contributed by atoms with E-state index in [2.05, 4.69) is 35.8 Å². The number of anilines is 1. The van der Waals surface area contributed by atoms with Crippen LogP contribution in [-0.4, -0.2) is 46.7 Å². The Morgan fingerprint density at radius 2 is 1.89 bits per heavy atom. The molecule has 7 nitrogen and oxygen atoms in total. The maximum Gasteiger partial charge on any atom is 0.408 e. The Labute approximate surface area is 229 Å². The molecule has 0 bridgehead atoms. The molecule has 9 heteroatoms. The fourth-order valence-electron chi connectivity index (χ4n) is 3.60. The molecule has 2 N–H and O–H groups in total. The number of hydrogen-bond donors (Lipinski definition) is 3. The predicted molar refractivity (Wildman–Crippen MR) is 151 cm³/mol. The summed E-state index contributed by atoms with van der Waals surface area (Å²) in [5, 5.41) is 5.75. The lowest BCUT2D eigenvalue weighted by Gasteiger charge is -2.34. The van der Waals surface area contributed by atoms with Gasteiger partial charge in [-0.05, 0) is 51.0 Å². The Morgan fingerprint density at radius 1 is 1.22 bits per heavy atom. The Bertz CT molecular complexity index is 1180. The van der Waals surface area contributed by atoms with E-state index in [1.54, 1.807) is 70.2 Å². The van der Waals surface area contributed by atoms with Crippen LogP contribution in [0.25, 0.3) is 0 Å². The van der Waals surface area contributed by atoms with Crippen LogP contribution >= 0.6 is 24.2 Å². The second-order valence-corrected chi connectivity index (χ2v) is 9.99. The summed E-state index contributed by atoms with van der Waals surface area (Å²) in [6, 6.07) is 9.80. The summed E-state index contributed by atoms with van der Waals surface area (Å²) in [4.78, 5) is 41.3. The number of hydrogen-bond acceptors (Lipinski definition) is 5. The third-order valence-electron chi connectivity index (χ3n) is 5.22. The van der Waals surface area contributed by atoms with Crippen LogP contribution in [-0.2, 0) is 14.3 Å². The van der Waals surface area contributed by atoms with E-state index in [0.717, 1.165) is 5.56 Å². The number of nitrogens with zero attached hydrogens (tertiary/aromatic N) is 1. The number of ether oxygens (including phenoxy) is 1. The molecule has 0 saturated heterocycles. The zero-order chi connectivity index (χ0) is 27.8. The first-order valence-corrected chi connectivity index (χ1v) is 12.6. The molecule has 0 aliphatic rings. The van der Waals surface area contributed by atoms with Gasteiger partial charge in [-0.2, -0.15) is 12.6 Å². The standard InChI is InChI=1S/C28H32ClN3O4S/c1-7-16-32(26(34)22(17-37)30-27(35)36-28(4,5)6)24(20-14-10-9-13-19(20)8-2)25(33)31-23-18(3)12-11-15-21(23)29/h2,7,9-15,22,24,37H,1,16-17H2,3-6H3,(H,30,35)(H,31,33). The second-order valence-electron chi connectivity index (χ2n) is 9.22. The number of amides is 3. The van der Waals surface area contributed by atoms with Crippen LogP contribution in [0.5, 0.6) is 0 Å². The SMILES string of the molecule is C#Cc1ccccc1C(C(=O)Nc1c(C)cccc1Cl)N(CC=C)C(=O)C(CS)NC(=O)OC(C)(C)C. The van der Waals surface area contributed by atoms with Crippen LogP contribution in [0.3, 0.4) is 0 Å². The summed E-state index contributed by atoms with van der Waals surface area (Å²) in [5.74, 6) is 1.43. The lowest BCUT2D eigenvalue weighted by molar-refractivity contribution is -0.139. The van der Waals surface area contributed by atoms with Crippen molar-refractivity contribution in [1.29, 1.82) is 0 Å². The lowest BCUT2D eigenvalue weighted by Crippen LogP contribution is -2.53. The van der Waals surface area contributed by atoms with Crippen LogP contribution in [0, 0.1) is 19.3 Å². The molecule has 0 fully saturated rings. The smallest absolute Gasteiger partial charge is 0.408 e. The molecule has 3 amide bonds. The Hall–Kier alpha value is -3.41. The van der Waals surface area contributed by atoms with Crippen molar-refractivity contribution < 1.29 is 19.1 Å². The van der Waals surface area contributed by atoms with E-state index >= 15 is 0 Å². The van der Waals surface area contributed by atoms with Gasteiger partial charge in [0, 0.05) is 17.9 Å². The molecular formula is C28H32ClN3O4S. The van der Waals surface area contributed by atoms with Crippen molar-refractivity contribution in [1.82, 2.24) is 10.2 Å². The number of halogens is 1. The molecule has 2 aromatic carbocycles. The summed E-state index contributed by atoms with van der Waals surface area (Å²) in [5.41, 5.74) is 1.25. The van der Waals surface area contributed by atoms with E-state index < -0.39 is 35.6 Å². The van der Waals surface area contributed by atoms with E-state index in [1.165, 1.54) is 11.0 Å². The highest BCUT2D eigenvalue weighted by Gasteiger charge is 2.36. The summed E-state index contributed by atoms with van der Waals surface area (Å²) < 4.78 is 5.30. The minimum atomic E-state index is -1.17. The molecule has 196 valence electrons. The second kappa shape index (κ2) is 13.2. The van der Waals surface area contributed by atoms with Gasteiger partial charge in [-0.3, -0.25) is 9.59 Å². The van der Waals surface area contributed by atoms with Crippen molar-refractivity contribution in [2.45, 2.75) is 45.4 Å². The van der Waals surface area contributed by atoms with Gasteiger partial charge in [0.05, 0.1) is 10.7 Å². The molecule has 0 aromatic heterocycles. The van der Waals surface area contributed by atoms with Crippen molar-refractivity contribution in [3.8, 4) is 12.3 Å². The van der Waals surface area contributed by atoms with Gasteiger partial charge < -0.3 is 20.3 Å². The van der Waals surface area contributed by atoms with Crippen molar-refractivity contribution in [2.24, 2.45) is 0 Å². The fourth-order valence-corrected chi connectivity index (χ4v) is 4.11. The van der Waals surface area contributed by atoms with Crippen molar-refractivity contribution >= 4 is 47.8 Å². The van der Waals surface area contributed by atoms with Crippen LogP contribution in [0.2, 0.25) is 5.02 Å². The number of carbonyl (C=O) groups is 3. The summed E-state index contributed by atoms with van der Waals surface area (Å²) in [7, 11) is 0. The monoisotopic (exact) mass is 541 g/mol. The predicted octanol–water partition coefficient (Wildman–Crippen LogP) is 5.15. The molecule has 2 unspecified atom stereocenters. The number of rotatable bonds is 9. The Kier molecular flexibility index (Phi) is 10.7. The zero-order valence-electron chi connectivity index (χ0n) is 21.4. The molecule has 0 aliphatic heterocycles. The summed E-state index contributed by atoms with van der Waals surface area (Å²) in [6.07, 6.45) is 6.44. The quantitative estimate of drug-likeness (QED) is 0.233. The van der Waals surface area contributed by atoms with Crippen LogP contribution < -0.4 is 10.6 Å². The molecule has 0 aliphatic carbocycles. The zero-order valence-corrected chi connectivity index (χ0v) is 23.0. The van der Waals surface area contributed by atoms with Crippen LogP contribution in [0.15, 0.2) is 55.1 Å². The molecule has 0 heterocycles. The number of nitrogens with one attached hydrogen (secondary N) is 2. The summed E-state index contributed by atoms with van der Waals surface area (Å²) >= 11 is 10.6. The van der Waals surface area contributed by atoms with Gasteiger partial charge in [0.2, 0.25) is 5.91 Å². The molecular weight excluding hydrogens is 510 g/mol. The van der Waals surface area contributed by atoms with Gasteiger partial charge in [0.1, 0.15) is 17.7 Å². The maximum atomic E-state index is 13.8. The van der Waals surface area contributed by atoms with Crippen LogP contribution in [0.1, 0.15) is 43.5 Å². The van der Waals surface area contributed by atoms with Gasteiger partial charge in [0.25, 0.3) is 5.91 Å². The number of aryl methyl sites for hydroxylation is 1. The minimum Gasteiger partial charge on any atom is -0.444 e. The maximum absolute atomic E-state index is 13.8. The largest absolute Gasteiger partial charge is 0.444 e. The van der Waals surface area contributed by atoms with Gasteiger partial charge in [-0.15, -0.1) is 13.0 Å². The highest BCUT2D eigenvalue weighted by molar-refractivity contribution is 7.80. The first kappa shape index (κ1) is 29.8. The number of terminal acetylenes is 1. The van der Waals surface area contributed by atoms with E-state index in [-0.39, 0.29) is 12.3 Å². The highest BCUT2D eigenvalue weighted by Crippen LogP contribution is 2.30. The topological polar surface area (TPSA) is 87.7 Å². The molecule has 2 aromatic rings. The van der Waals surface area contributed by atoms with E-state index in [0.29, 0.717) is 21.8 Å². The number of thiol groups is 1. The molecule has 2 rings (SSSR count). The van der Waals surface area contributed by atoms with Crippen molar-refractivity contribution in [3.63, 3.8) is 0 Å². The molecule has 0 radical (unpaired) electrons. The van der Waals surface area contributed by atoms with Crippen LogP contribution in [0.4, 0.5) is 10.5 Å². The number of para-hydroxylation sites is 1. The van der Waals surface area contributed by atoms with Crippen molar-refractivity contribution in [3.05, 3.63) is 76.8 Å². The highest BCUT2D eigenvalue weighted by atomic mass is 35.5. The van der Waals surface area contributed by atoms with Gasteiger partial charge in [-0.25, -0.2) is 4.79 Å². The molecule has 0 spiro atoms. The van der Waals surface area contributed by atoms with Gasteiger partial charge in [0.15, 0.2) is 0 Å². The van der Waals surface area contributed by atoms with E-state index in [4.69, 9.17) is 22.8 Å². The number of benzene rings is 2. The molecule has 2 atom stereocenters. The minimum absolute atomic E-state index is 0.0163. The van der Waals surface area contributed by atoms with E-state index in [1.807, 2.05) is 0 Å². The fraction of sp³-hybridized carbons (Fsp3) is 0.321. The summed E-state index contributed by atoms with van der Waals surface area (Å²) in [6.45, 7) is 10.7. The first-order valence-electron chi connectivity index (χ1n) is 11.6. The molecule has 0 saturated carbocycles. The Balaban J connectivity index is 2.56. The number of carbonyl (C=O) groups excluding carboxylic acids is 3. The lowest BCUT2D eigenvalue weighted by atomic mass is 9.97. The first-order chi connectivity index (χ1) is 17.4. The van der Waals surface area contributed by atoms with Crippen molar-refractivity contribution in [2.75, 3.05) is 17.6 Å². The van der Waals surface area contributed by atoms with Gasteiger partial charge >= 0.3 is 6.09 Å². The molecule has 37 heavy (non-hydrogen) atoms. The normalized spacial score (nSPS) is 12.5. The van der Waals surface area contributed by atoms with Gasteiger partial charge in [-0.1, -0.05) is 53.9 Å². The third-order valence-corrected chi connectivity index (χ3v) is 5.90. The average Bonchev–Trinajstić information content (AvgIpc) is 2.83.